The Labute approximate surface area is 132 Å². The first kappa shape index (κ1) is 16.1. The third kappa shape index (κ3) is 3.56. The first-order valence-electron chi connectivity index (χ1n) is 3.92. The van der Waals surface area contributed by atoms with Crippen molar-refractivity contribution in [1.29, 1.82) is 0 Å². The zero-order valence-corrected chi connectivity index (χ0v) is 11.8. The van der Waals surface area contributed by atoms with Gasteiger partial charge in [0.15, 0.2) is 6.29 Å². The summed E-state index contributed by atoms with van der Waals surface area (Å²) in [6.07, 6.45) is 0.231. The molecule has 0 radical (unpaired) electrons. The average Bonchev–Trinajstić information content (AvgIpc) is 2.15. The van der Waals surface area contributed by atoms with E-state index in [1.807, 2.05) is 0 Å². The second-order valence-corrected chi connectivity index (χ2v) is 2.81. The van der Waals surface area contributed by atoms with Crippen molar-refractivity contribution in [2.45, 2.75) is 0 Å². The van der Waals surface area contributed by atoms with E-state index in [4.69, 9.17) is 0 Å². The molecule has 16 heavy (non-hydrogen) atoms. The van der Waals surface area contributed by atoms with Crippen LogP contribution in [-0.2, 0) is 0 Å². The largest absolute Gasteiger partial charge is 1.00 e. The molecule has 0 saturated carbocycles. The summed E-state index contributed by atoms with van der Waals surface area (Å²) in [4.78, 5) is 10.4. The second kappa shape index (κ2) is 6.15. The smallest absolute Gasteiger partial charge is 0.496 e. The van der Waals surface area contributed by atoms with Crippen molar-refractivity contribution in [2.75, 3.05) is 7.11 Å². The summed E-state index contributed by atoms with van der Waals surface area (Å²) in [5.74, 6) is -1.76. The monoisotopic (exact) mass is 260 g/mol. The van der Waals surface area contributed by atoms with Crippen LogP contribution in [0.4, 0.5) is 17.3 Å². The van der Waals surface area contributed by atoms with Crippen molar-refractivity contribution in [3.63, 3.8) is 0 Å². The predicted molar refractivity (Wildman–Crippen MR) is 47.1 cm³/mol. The number of methoxy groups -OCH3 is 1. The van der Waals surface area contributed by atoms with Gasteiger partial charge in [0.1, 0.15) is 5.75 Å². The molecule has 0 bridgehead atoms. The van der Waals surface area contributed by atoms with Crippen LogP contribution >= 0.6 is 0 Å². The Morgan fingerprint density at radius 2 is 1.88 bits per heavy atom. The molecule has 1 rings (SSSR count). The minimum Gasteiger partial charge on any atom is -0.496 e. The minimum atomic E-state index is -5.45. The van der Waals surface area contributed by atoms with Crippen molar-refractivity contribution in [3.05, 3.63) is 23.5 Å². The van der Waals surface area contributed by atoms with Gasteiger partial charge in [-0.3, -0.25) is 4.79 Å². The quantitative estimate of drug-likeness (QED) is 0.384. The maximum atomic E-state index is 12.9. The van der Waals surface area contributed by atoms with Crippen molar-refractivity contribution >= 4 is 18.7 Å². The van der Waals surface area contributed by atoms with Crippen LogP contribution in [0, 0.1) is 5.82 Å². The molecule has 0 fully saturated rings. The summed E-state index contributed by atoms with van der Waals surface area (Å²) in [7, 11) is 1.10. The molecule has 2 nitrogen and oxygen atoms in total. The SMILES string of the molecule is COc1cc([B-](F)(F)F)c(F)cc1C=O.[K+]. The van der Waals surface area contributed by atoms with Crippen molar-refractivity contribution in [1.82, 2.24) is 0 Å². The molecule has 1 aromatic carbocycles. The van der Waals surface area contributed by atoms with Crippen LogP contribution in [-0.4, -0.2) is 20.4 Å². The zero-order chi connectivity index (χ0) is 11.6. The number of benzene rings is 1. The van der Waals surface area contributed by atoms with Gasteiger partial charge in [-0.1, -0.05) is 5.46 Å². The molecule has 82 valence electrons. The average molecular weight is 260 g/mol. The minimum absolute atomic E-state index is 0. The Kier molecular flexibility index (Phi) is 6.20. The maximum Gasteiger partial charge on any atom is 1.00 e. The van der Waals surface area contributed by atoms with Gasteiger partial charge in [-0.15, -0.1) is 0 Å². The van der Waals surface area contributed by atoms with Crippen LogP contribution in [0.2, 0.25) is 0 Å². The first-order chi connectivity index (χ1) is 6.90. The van der Waals surface area contributed by atoms with Crippen molar-refractivity contribution in [2.24, 2.45) is 0 Å². The summed E-state index contributed by atoms with van der Waals surface area (Å²) in [6.45, 7) is -5.45. The molecule has 0 saturated heterocycles. The standard InChI is InChI=1S/C8H6BF4O2.K/c1-15-8-3-6(9(11,12)13)7(10)2-5(8)4-14;/h2-4H,1H3;/q-1;+1. The van der Waals surface area contributed by atoms with E-state index in [-0.39, 0.29) is 69.0 Å². The molecule has 0 spiro atoms. The summed E-state index contributed by atoms with van der Waals surface area (Å²) in [5.41, 5.74) is -1.64. The van der Waals surface area contributed by atoms with Gasteiger partial charge in [0.25, 0.3) is 0 Å². The number of carbonyl (C=O) groups is 1. The third-order valence-electron chi connectivity index (χ3n) is 1.83. The first-order valence-corrected chi connectivity index (χ1v) is 3.92. The Hall–Kier alpha value is 0.111. The molecule has 0 atom stereocenters. The molecule has 0 unspecified atom stereocenters. The van der Waals surface area contributed by atoms with Crippen LogP contribution in [0.5, 0.6) is 5.75 Å². The van der Waals surface area contributed by atoms with Crippen LogP contribution in [0.3, 0.4) is 0 Å². The predicted octanol–water partition coefficient (Wildman–Crippen LogP) is -1.29. The van der Waals surface area contributed by atoms with E-state index < -0.39 is 18.3 Å². The van der Waals surface area contributed by atoms with Crippen molar-refractivity contribution in [3.8, 4) is 5.75 Å². The summed E-state index contributed by atoms with van der Waals surface area (Å²) in [6, 6.07) is 0.996. The Morgan fingerprint density at radius 1 is 1.31 bits per heavy atom. The zero-order valence-electron chi connectivity index (χ0n) is 8.64. The number of carbonyl (C=O) groups excluding carboxylic acids is 1. The fraction of sp³-hybridized carbons (Fsp3) is 0.125. The van der Waals surface area contributed by atoms with Gasteiger partial charge in [0.2, 0.25) is 0 Å². The molecule has 0 aromatic heterocycles. The molecule has 0 amide bonds. The number of aldehydes is 1. The van der Waals surface area contributed by atoms with Gasteiger partial charge >= 0.3 is 58.4 Å². The van der Waals surface area contributed by atoms with Gasteiger partial charge < -0.3 is 17.7 Å². The van der Waals surface area contributed by atoms with Gasteiger partial charge in [0, 0.05) is 0 Å². The van der Waals surface area contributed by atoms with Gasteiger partial charge in [0.05, 0.1) is 18.5 Å². The number of hydrogen-bond donors (Lipinski definition) is 0. The molecular weight excluding hydrogens is 254 g/mol. The number of hydrogen-bond acceptors (Lipinski definition) is 2. The molecule has 0 aliphatic carbocycles. The molecule has 0 heterocycles. The topological polar surface area (TPSA) is 26.3 Å². The summed E-state index contributed by atoms with van der Waals surface area (Å²) in [5, 5.41) is 0. The summed E-state index contributed by atoms with van der Waals surface area (Å²) < 4.78 is 54.3. The van der Waals surface area contributed by atoms with E-state index in [0.29, 0.717) is 12.1 Å². The molecule has 0 aliphatic heterocycles. The number of halogens is 4. The third-order valence-corrected chi connectivity index (χ3v) is 1.83. The van der Waals surface area contributed by atoms with E-state index in [2.05, 4.69) is 4.74 Å². The van der Waals surface area contributed by atoms with E-state index >= 15 is 0 Å². The maximum absolute atomic E-state index is 12.9. The molecule has 0 N–H and O–H groups in total. The van der Waals surface area contributed by atoms with E-state index in [9.17, 15) is 22.1 Å². The van der Waals surface area contributed by atoms with Gasteiger partial charge in [-0.2, -0.15) is 0 Å². The Balaban J connectivity index is 0.00000225. The molecule has 0 aliphatic rings. The van der Waals surface area contributed by atoms with E-state index in [1.165, 1.54) is 0 Å². The Morgan fingerprint density at radius 3 is 2.25 bits per heavy atom. The van der Waals surface area contributed by atoms with Gasteiger partial charge in [-0.05, 0) is 12.1 Å². The van der Waals surface area contributed by atoms with E-state index in [0.717, 1.165) is 7.11 Å². The fourth-order valence-electron chi connectivity index (χ4n) is 1.10. The molecular formula is C8H6BF4KO2. The summed E-state index contributed by atoms with van der Waals surface area (Å²) >= 11 is 0. The molecule has 1 aromatic rings. The van der Waals surface area contributed by atoms with Gasteiger partial charge in [-0.25, -0.2) is 4.39 Å². The fourth-order valence-corrected chi connectivity index (χ4v) is 1.10. The van der Waals surface area contributed by atoms with Crippen LogP contribution in [0.15, 0.2) is 12.1 Å². The Bertz CT molecular complexity index is 394. The van der Waals surface area contributed by atoms with Crippen LogP contribution < -0.4 is 61.6 Å². The second-order valence-electron chi connectivity index (χ2n) is 2.81. The van der Waals surface area contributed by atoms with Crippen molar-refractivity contribution < 1.29 is 78.3 Å². The number of ether oxygens (including phenoxy) is 1. The van der Waals surface area contributed by atoms with E-state index in [1.54, 1.807) is 0 Å². The van der Waals surface area contributed by atoms with Crippen LogP contribution in [0.1, 0.15) is 10.4 Å². The number of rotatable bonds is 3. The molecule has 8 heteroatoms. The normalized spacial score (nSPS) is 10.6. The van der Waals surface area contributed by atoms with Crippen LogP contribution in [0.25, 0.3) is 0 Å².